The van der Waals surface area contributed by atoms with E-state index in [1.165, 1.54) is 0 Å². The Morgan fingerprint density at radius 3 is 2.75 bits per heavy atom. The number of para-hydroxylation sites is 1. The van der Waals surface area contributed by atoms with E-state index in [-0.39, 0.29) is 11.8 Å². The Morgan fingerprint density at radius 1 is 1.25 bits per heavy atom. The van der Waals surface area contributed by atoms with Gasteiger partial charge in [-0.2, -0.15) is 0 Å². The molecule has 3 rings (SSSR count). The molecule has 0 radical (unpaired) electrons. The molecule has 0 aliphatic carbocycles. The second-order valence-corrected chi connectivity index (χ2v) is 5.98. The molecule has 102 valence electrons. The molecule has 1 amide bonds. The second kappa shape index (κ2) is 4.94. The van der Waals surface area contributed by atoms with Crippen LogP contribution in [0.3, 0.4) is 0 Å². The SMILES string of the molecule is CC1C(=O)N(Cc2cccc(Br)c2)c2c(N)cccc21. The number of rotatable bonds is 2. The van der Waals surface area contributed by atoms with E-state index < -0.39 is 0 Å². The van der Waals surface area contributed by atoms with Gasteiger partial charge in [0.25, 0.3) is 0 Å². The van der Waals surface area contributed by atoms with Crippen molar-refractivity contribution in [2.45, 2.75) is 19.4 Å². The number of hydrogen-bond acceptors (Lipinski definition) is 2. The number of benzene rings is 2. The fourth-order valence-corrected chi connectivity index (χ4v) is 3.14. The van der Waals surface area contributed by atoms with Gasteiger partial charge in [0.05, 0.1) is 23.8 Å². The predicted octanol–water partition coefficient (Wildman–Crippen LogP) is 3.68. The highest BCUT2D eigenvalue weighted by molar-refractivity contribution is 9.10. The molecule has 0 spiro atoms. The first-order valence-electron chi connectivity index (χ1n) is 6.52. The molecule has 0 fully saturated rings. The third kappa shape index (κ3) is 2.10. The lowest BCUT2D eigenvalue weighted by atomic mass is 10.0. The minimum absolute atomic E-state index is 0.109. The van der Waals surface area contributed by atoms with Gasteiger partial charge in [-0.15, -0.1) is 0 Å². The van der Waals surface area contributed by atoms with E-state index in [1.807, 2.05) is 49.4 Å². The predicted molar refractivity (Wildman–Crippen MR) is 84.6 cm³/mol. The minimum Gasteiger partial charge on any atom is -0.397 e. The molecule has 3 nitrogen and oxygen atoms in total. The number of anilines is 2. The Bertz CT molecular complexity index is 684. The van der Waals surface area contributed by atoms with Crippen molar-refractivity contribution in [3.05, 3.63) is 58.1 Å². The second-order valence-electron chi connectivity index (χ2n) is 5.06. The number of hydrogen-bond donors (Lipinski definition) is 1. The monoisotopic (exact) mass is 330 g/mol. The molecule has 1 heterocycles. The Morgan fingerprint density at radius 2 is 2.00 bits per heavy atom. The number of amides is 1. The largest absolute Gasteiger partial charge is 0.397 e. The molecule has 20 heavy (non-hydrogen) atoms. The zero-order valence-electron chi connectivity index (χ0n) is 11.1. The molecular formula is C16H15BrN2O. The lowest BCUT2D eigenvalue weighted by Gasteiger charge is -2.19. The topological polar surface area (TPSA) is 46.3 Å². The van der Waals surface area contributed by atoms with Gasteiger partial charge in [-0.3, -0.25) is 4.79 Å². The van der Waals surface area contributed by atoms with Crippen molar-refractivity contribution in [1.82, 2.24) is 0 Å². The van der Waals surface area contributed by atoms with E-state index >= 15 is 0 Å². The van der Waals surface area contributed by atoms with E-state index in [4.69, 9.17) is 5.73 Å². The van der Waals surface area contributed by atoms with E-state index in [9.17, 15) is 4.79 Å². The van der Waals surface area contributed by atoms with Crippen LogP contribution in [0.2, 0.25) is 0 Å². The van der Waals surface area contributed by atoms with Crippen LogP contribution >= 0.6 is 15.9 Å². The van der Waals surface area contributed by atoms with E-state index in [1.54, 1.807) is 4.90 Å². The smallest absolute Gasteiger partial charge is 0.234 e. The Balaban J connectivity index is 2.01. The molecular weight excluding hydrogens is 316 g/mol. The summed E-state index contributed by atoms with van der Waals surface area (Å²) >= 11 is 3.46. The van der Waals surface area contributed by atoms with E-state index in [2.05, 4.69) is 15.9 Å². The normalized spacial score (nSPS) is 17.4. The van der Waals surface area contributed by atoms with Crippen LogP contribution in [0.5, 0.6) is 0 Å². The summed E-state index contributed by atoms with van der Waals surface area (Å²) < 4.78 is 1.01. The number of fused-ring (bicyclic) bond motifs is 1. The molecule has 2 N–H and O–H groups in total. The fraction of sp³-hybridized carbons (Fsp3) is 0.188. The average Bonchev–Trinajstić information content (AvgIpc) is 2.66. The molecule has 0 bridgehead atoms. The summed E-state index contributed by atoms with van der Waals surface area (Å²) in [7, 11) is 0. The molecule has 1 aliphatic heterocycles. The number of halogens is 1. The standard InChI is InChI=1S/C16H15BrN2O/c1-10-13-6-3-7-14(18)15(13)19(16(10)20)9-11-4-2-5-12(17)8-11/h2-8,10H,9,18H2,1H3. The van der Waals surface area contributed by atoms with Crippen LogP contribution in [0.4, 0.5) is 11.4 Å². The molecule has 4 heteroatoms. The van der Waals surface area contributed by atoms with Crippen molar-refractivity contribution in [3.8, 4) is 0 Å². The molecule has 1 unspecified atom stereocenters. The van der Waals surface area contributed by atoms with Crippen molar-refractivity contribution in [2.24, 2.45) is 0 Å². The van der Waals surface area contributed by atoms with Crippen molar-refractivity contribution >= 4 is 33.2 Å². The summed E-state index contributed by atoms with van der Waals surface area (Å²) in [6.07, 6.45) is 0. The molecule has 2 aromatic rings. The fourth-order valence-electron chi connectivity index (χ4n) is 2.69. The maximum atomic E-state index is 12.5. The van der Waals surface area contributed by atoms with Crippen molar-refractivity contribution < 1.29 is 4.79 Å². The first-order valence-corrected chi connectivity index (χ1v) is 7.31. The maximum absolute atomic E-state index is 12.5. The van der Waals surface area contributed by atoms with Gasteiger partial charge in [-0.25, -0.2) is 0 Å². The van der Waals surface area contributed by atoms with Crippen LogP contribution in [-0.4, -0.2) is 5.91 Å². The van der Waals surface area contributed by atoms with Crippen LogP contribution in [0.25, 0.3) is 0 Å². The van der Waals surface area contributed by atoms with Gasteiger partial charge in [-0.05, 0) is 36.2 Å². The summed E-state index contributed by atoms with van der Waals surface area (Å²) in [5, 5.41) is 0. The Hall–Kier alpha value is -1.81. The van der Waals surface area contributed by atoms with Crippen molar-refractivity contribution in [1.29, 1.82) is 0 Å². The van der Waals surface area contributed by atoms with Gasteiger partial charge in [0.15, 0.2) is 0 Å². The summed E-state index contributed by atoms with van der Waals surface area (Å²) in [5.41, 5.74) is 9.69. The van der Waals surface area contributed by atoms with Crippen LogP contribution < -0.4 is 10.6 Å². The zero-order valence-corrected chi connectivity index (χ0v) is 12.7. The Labute approximate surface area is 126 Å². The minimum atomic E-state index is -0.124. The summed E-state index contributed by atoms with van der Waals surface area (Å²) in [5.74, 6) is -0.0153. The van der Waals surface area contributed by atoms with Gasteiger partial charge < -0.3 is 10.6 Å². The molecule has 1 aliphatic rings. The lowest BCUT2D eigenvalue weighted by Crippen LogP contribution is -2.27. The number of nitrogen functional groups attached to an aromatic ring is 1. The van der Waals surface area contributed by atoms with E-state index in [0.717, 1.165) is 21.3 Å². The number of nitrogens with two attached hydrogens (primary N) is 1. The Kier molecular flexibility index (Phi) is 3.26. The summed E-state index contributed by atoms with van der Waals surface area (Å²) in [4.78, 5) is 14.3. The average molecular weight is 331 g/mol. The van der Waals surface area contributed by atoms with E-state index in [0.29, 0.717) is 12.2 Å². The van der Waals surface area contributed by atoms with Crippen molar-refractivity contribution in [3.63, 3.8) is 0 Å². The van der Waals surface area contributed by atoms with Gasteiger partial charge in [0.1, 0.15) is 0 Å². The molecule has 2 aromatic carbocycles. The molecule has 0 aromatic heterocycles. The van der Waals surface area contributed by atoms with Gasteiger partial charge in [0, 0.05) is 4.47 Å². The quantitative estimate of drug-likeness (QED) is 0.854. The highest BCUT2D eigenvalue weighted by atomic mass is 79.9. The van der Waals surface area contributed by atoms with Gasteiger partial charge >= 0.3 is 0 Å². The summed E-state index contributed by atoms with van der Waals surface area (Å²) in [6, 6.07) is 13.7. The summed E-state index contributed by atoms with van der Waals surface area (Å²) in [6.45, 7) is 2.48. The third-order valence-electron chi connectivity index (χ3n) is 3.70. The molecule has 0 saturated heterocycles. The number of nitrogens with zero attached hydrogens (tertiary/aromatic N) is 1. The zero-order chi connectivity index (χ0) is 14.3. The highest BCUT2D eigenvalue weighted by Crippen LogP contribution is 2.41. The third-order valence-corrected chi connectivity index (χ3v) is 4.19. The molecule has 0 saturated carbocycles. The maximum Gasteiger partial charge on any atom is 0.234 e. The van der Waals surface area contributed by atoms with Crippen LogP contribution in [-0.2, 0) is 11.3 Å². The number of carbonyl (C=O) groups is 1. The van der Waals surface area contributed by atoms with Crippen molar-refractivity contribution in [2.75, 3.05) is 10.6 Å². The van der Waals surface area contributed by atoms with Crippen LogP contribution in [0, 0.1) is 0 Å². The first-order chi connectivity index (χ1) is 9.58. The van der Waals surface area contributed by atoms with Crippen LogP contribution in [0.15, 0.2) is 46.9 Å². The van der Waals surface area contributed by atoms with Crippen LogP contribution in [0.1, 0.15) is 24.0 Å². The molecule has 1 atom stereocenters. The highest BCUT2D eigenvalue weighted by Gasteiger charge is 2.35. The first kappa shape index (κ1) is 13.2. The number of carbonyl (C=O) groups excluding carboxylic acids is 1. The van der Waals surface area contributed by atoms with Gasteiger partial charge in [0.2, 0.25) is 5.91 Å². The van der Waals surface area contributed by atoms with Gasteiger partial charge in [-0.1, -0.05) is 40.2 Å². The lowest BCUT2D eigenvalue weighted by molar-refractivity contribution is -0.119.